The maximum absolute atomic E-state index is 5.18. The van der Waals surface area contributed by atoms with Gasteiger partial charge in [0, 0.05) is 5.54 Å². The predicted molar refractivity (Wildman–Crippen MR) is 66.5 cm³/mol. The number of rotatable bonds is 3. The second kappa shape index (κ2) is 5.05. The van der Waals surface area contributed by atoms with E-state index >= 15 is 0 Å². The fourth-order valence-electron chi connectivity index (χ4n) is 2.77. The predicted octanol–water partition coefficient (Wildman–Crippen LogP) is 3.38. The van der Waals surface area contributed by atoms with Gasteiger partial charge in [0.25, 0.3) is 0 Å². The van der Waals surface area contributed by atoms with Crippen LogP contribution >= 0.6 is 0 Å². The Hall–Kier alpha value is -0.760. The second-order valence-corrected chi connectivity index (χ2v) is 5.36. The lowest BCUT2D eigenvalue weighted by Gasteiger charge is -2.38. The molecule has 2 heteroatoms. The molecule has 1 aromatic rings. The minimum atomic E-state index is 0.278. The topological polar surface area (TPSA) is 25.2 Å². The van der Waals surface area contributed by atoms with Crippen molar-refractivity contribution < 1.29 is 4.42 Å². The first-order chi connectivity index (χ1) is 7.73. The van der Waals surface area contributed by atoms with Gasteiger partial charge >= 0.3 is 0 Å². The van der Waals surface area contributed by atoms with Gasteiger partial charge < -0.3 is 9.73 Å². The molecule has 16 heavy (non-hydrogen) atoms. The highest BCUT2D eigenvalue weighted by Gasteiger charge is 2.34. The summed E-state index contributed by atoms with van der Waals surface area (Å²) in [6, 6.07) is 2.09. The first kappa shape index (κ1) is 11.7. The first-order valence-corrected chi connectivity index (χ1v) is 6.49. The van der Waals surface area contributed by atoms with E-state index in [4.69, 9.17) is 4.42 Å². The molecule has 2 rings (SSSR count). The summed E-state index contributed by atoms with van der Waals surface area (Å²) in [4.78, 5) is 0. The van der Waals surface area contributed by atoms with Gasteiger partial charge in [-0.2, -0.15) is 0 Å². The smallest absolute Gasteiger partial charge is 0.0935 e. The summed E-state index contributed by atoms with van der Waals surface area (Å²) in [7, 11) is 0. The Kier molecular flexibility index (Phi) is 3.70. The maximum atomic E-state index is 5.18. The third kappa shape index (κ3) is 2.49. The molecule has 0 bridgehead atoms. The minimum absolute atomic E-state index is 0.278. The summed E-state index contributed by atoms with van der Waals surface area (Å²) < 4.78 is 5.18. The molecule has 1 aromatic heterocycles. The monoisotopic (exact) mass is 221 g/mol. The third-order valence-corrected chi connectivity index (χ3v) is 3.98. The number of hydrogen-bond donors (Lipinski definition) is 1. The van der Waals surface area contributed by atoms with Crippen molar-refractivity contribution in [2.24, 2.45) is 5.92 Å². The van der Waals surface area contributed by atoms with E-state index in [-0.39, 0.29) is 5.54 Å². The van der Waals surface area contributed by atoms with E-state index in [1.54, 1.807) is 6.26 Å². The highest BCUT2D eigenvalue weighted by atomic mass is 16.3. The van der Waals surface area contributed by atoms with Gasteiger partial charge in [0.15, 0.2) is 0 Å². The van der Waals surface area contributed by atoms with Crippen LogP contribution in [0.1, 0.15) is 45.1 Å². The molecule has 1 aliphatic heterocycles. The molecule has 0 saturated carbocycles. The van der Waals surface area contributed by atoms with Crippen molar-refractivity contribution in [2.75, 3.05) is 6.54 Å². The normalized spacial score (nSPS) is 26.9. The van der Waals surface area contributed by atoms with Crippen LogP contribution in [0.4, 0.5) is 0 Å². The van der Waals surface area contributed by atoms with Crippen LogP contribution in [0, 0.1) is 5.92 Å². The lowest BCUT2D eigenvalue weighted by Crippen LogP contribution is -2.50. The van der Waals surface area contributed by atoms with E-state index in [1.165, 1.54) is 31.2 Å². The summed E-state index contributed by atoms with van der Waals surface area (Å²) in [5.41, 5.74) is 1.60. The van der Waals surface area contributed by atoms with Gasteiger partial charge in [0.05, 0.1) is 12.5 Å². The van der Waals surface area contributed by atoms with Crippen LogP contribution < -0.4 is 5.32 Å². The Morgan fingerprint density at radius 3 is 2.94 bits per heavy atom. The maximum Gasteiger partial charge on any atom is 0.0935 e. The Balaban J connectivity index is 2.13. The van der Waals surface area contributed by atoms with Gasteiger partial charge in [0.1, 0.15) is 0 Å². The summed E-state index contributed by atoms with van der Waals surface area (Å²) in [5.74, 6) is 0.667. The molecule has 2 heterocycles. The molecular weight excluding hydrogens is 198 g/mol. The average Bonchev–Trinajstić information content (AvgIpc) is 2.62. The van der Waals surface area contributed by atoms with Crippen molar-refractivity contribution in [2.45, 2.75) is 51.5 Å². The molecule has 1 unspecified atom stereocenters. The number of hydrogen-bond acceptors (Lipinski definition) is 2. The van der Waals surface area contributed by atoms with Gasteiger partial charge in [-0.3, -0.25) is 0 Å². The van der Waals surface area contributed by atoms with Crippen molar-refractivity contribution >= 4 is 0 Å². The van der Waals surface area contributed by atoms with E-state index in [9.17, 15) is 0 Å². The van der Waals surface area contributed by atoms with Crippen molar-refractivity contribution in [3.63, 3.8) is 0 Å². The summed E-state index contributed by atoms with van der Waals surface area (Å²) in [6.45, 7) is 5.83. The molecule has 2 nitrogen and oxygen atoms in total. The van der Waals surface area contributed by atoms with Crippen LogP contribution in [0.15, 0.2) is 23.0 Å². The molecule has 0 spiro atoms. The summed E-state index contributed by atoms with van der Waals surface area (Å²) in [6.07, 6.45) is 10.1. The number of furan rings is 1. The molecule has 1 saturated heterocycles. The van der Waals surface area contributed by atoms with Crippen LogP contribution in [0.5, 0.6) is 0 Å². The summed E-state index contributed by atoms with van der Waals surface area (Å²) in [5, 5.41) is 3.79. The summed E-state index contributed by atoms with van der Waals surface area (Å²) >= 11 is 0. The van der Waals surface area contributed by atoms with E-state index in [0.717, 1.165) is 13.0 Å². The van der Waals surface area contributed by atoms with Gasteiger partial charge in [0.2, 0.25) is 0 Å². The second-order valence-electron chi connectivity index (χ2n) is 5.36. The average molecular weight is 221 g/mol. The molecule has 0 aromatic carbocycles. The Bertz CT molecular complexity index is 295. The molecule has 1 fully saturated rings. The minimum Gasteiger partial charge on any atom is -0.472 e. The van der Waals surface area contributed by atoms with E-state index < -0.39 is 0 Å². The highest BCUT2D eigenvalue weighted by Crippen LogP contribution is 2.30. The van der Waals surface area contributed by atoms with Crippen LogP contribution in [0.25, 0.3) is 0 Å². The Morgan fingerprint density at radius 1 is 1.38 bits per heavy atom. The zero-order valence-corrected chi connectivity index (χ0v) is 10.5. The van der Waals surface area contributed by atoms with E-state index in [1.807, 2.05) is 6.26 Å². The fourth-order valence-corrected chi connectivity index (χ4v) is 2.77. The van der Waals surface area contributed by atoms with Gasteiger partial charge in [-0.15, -0.1) is 0 Å². The molecule has 1 aliphatic rings. The largest absolute Gasteiger partial charge is 0.472 e. The van der Waals surface area contributed by atoms with Crippen LogP contribution in [0.3, 0.4) is 0 Å². The van der Waals surface area contributed by atoms with Crippen molar-refractivity contribution in [3.05, 3.63) is 24.2 Å². The lowest BCUT2D eigenvalue weighted by atomic mass is 9.78. The molecule has 1 N–H and O–H groups in total. The standard InChI is InChI=1S/C14H23NO/c1-12(2)14(7-4-3-5-8-15-14)10-13-6-9-16-11-13/h6,9,11-12,15H,3-5,7-8,10H2,1-2H3. The van der Waals surface area contributed by atoms with E-state index in [0.29, 0.717) is 5.92 Å². The van der Waals surface area contributed by atoms with Crippen LogP contribution in [-0.4, -0.2) is 12.1 Å². The van der Waals surface area contributed by atoms with Gasteiger partial charge in [-0.05, 0) is 43.4 Å². The third-order valence-electron chi connectivity index (χ3n) is 3.98. The van der Waals surface area contributed by atoms with Crippen LogP contribution in [-0.2, 0) is 6.42 Å². The zero-order chi connectivity index (χ0) is 11.4. The first-order valence-electron chi connectivity index (χ1n) is 6.49. The van der Waals surface area contributed by atoms with E-state index in [2.05, 4.69) is 25.2 Å². The fraction of sp³-hybridized carbons (Fsp3) is 0.714. The molecule has 0 aliphatic carbocycles. The molecule has 1 atom stereocenters. The molecule has 0 radical (unpaired) electrons. The Morgan fingerprint density at radius 2 is 2.25 bits per heavy atom. The van der Waals surface area contributed by atoms with Crippen molar-refractivity contribution in [1.82, 2.24) is 5.32 Å². The SMILES string of the molecule is CC(C)C1(Cc2ccoc2)CCCCCN1. The zero-order valence-electron chi connectivity index (χ0n) is 10.5. The van der Waals surface area contributed by atoms with Gasteiger partial charge in [-0.1, -0.05) is 26.7 Å². The van der Waals surface area contributed by atoms with Crippen molar-refractivity contribution in [3.8, 4) is 0 Å². The lowest BCUT2D eigenvalue weighted by molar-refractivity contribution is 0.225. The quantitative estimate of drug-likeness (QED) is 0.846. The highest BCUT2D eigenvalue weighted by molar-refractivity contribution is 5.12. The number of nitrogens with one attached hydrogen (secondary N) is 1. The van der Waals surface area contributed by atoms with Crippen molar-refractivity contribution in [1.29, 1.82) is 0 Å². The molecule has 0 amide bonds. The van der Waals surface area contributed by atoms with Crippen LogP contribution in [0.2, 0.25) is 0 Å². The molecule has 90 valence electrons. The Labute approximate surface area is 98.4 Å². The molecular formula is C14H23NO. The van der Waals surface area contributed by atoms with Gasteiger partial charge in [-0.25, -0.2) is 0 Å².